The summed E-state index contributed by atoms with van der Waals surface area (Å²) < 4.78 is 5.08. The molecule has 1 aliphatic carbocycles. The van der Waals surface area contributed by atoms with Gasteiger partial charge in [-0.05, 0) is 39.2 Å². The highest BCUT2D eigenvalue weighted by molar-refractivity contribution is 5.77. The fraction of sp³-hybridized carbons (Fsp3) is 0.917. The lowest BCUT2D eigenvalue weighted by molar-refractivity contribution is -0.142. The molecule has 0 heterocycles. The SMILES string of the molecule is COCCN(CCCC(C)(N)C(=O)O)C1CC1. The summed E-state index contributed by atoms with van der Waals surface area (Å²) in [5.41, 5.74) is 4.59. The van der Waals surface area contributed by atoms with Gasteiger partial charge < -0.3 is 15.6 Å². The van der Waals surface area contributed by atoms with E-state index in [2.05, 4.69) is 4.90 Å². The summed E-state index contributed by atoms with van der Waals surface area (Å²) in [6.07, 6.45) is 3.84. The molecule has 0 aromatic carbocycles. The topological polar surface area (TPSA) is 75.8 Å². The van der Waals surface area contributed by atoms with Crippen molar-refractivity contribution in [2.45, 2.75) is 44.2 Å². The monoisotopic (exact) mass is 244 g/mol. The summed E-state index contributed by atoms with van der Waals surface area (Å²) in [5, 5.41) is 8.91. The molecule has 1 fully saturated rings. The molecule has 3 N–H and O–H groups in total. The molecule has 0 aliphatic heterocycles. The van der Waals surface area contributed by atoms with Crippen molar-refractivity contribution in [3.05, 3.63) is 0 Å². The molecule has 1 saturated carbocycles. The van der Waals surface area contributed by atoms with E-state index in [1.807, 2.05) is 0 Å². The highest BCUT2D eigenvalue weighted by Crippen LogP contribution is 2.27. The molecular formula is C12H24N2O3. The van der Waals surface area contributed by atoms with Gasteiger partial charge >= 0.3 is 5.97 Å². The third kappa shape index (κ3) is 5.02. The van der Waals surface area contributed by atoms with Gasteiger partial charge in [0.15, 0.2) is 0 Å². The first-order chi connectivity index (χ1) is 7.97. The number of aliphatic carboxylic acids is 1. The molecule has 0 aromatic heterocycles. The van der Waals surface area contributed by atoms with Crippen LogP contribution in [0.4, 0.5) is 0 Å². The Hall–Kier alpha value is -0.650. The van der Waals surface area contributed by atoms with Gasteiger partial charge in [-0.15, -0.1) is 0 Å². The Morgan fingerprint density at radius 1 is 1.53 bits per heavy atom. The number of hydrogen-bond donors (Lipinski definition) is 2. The predicted molar refractivity (Wildman–Crippen MR) is 65.9 cm³/mol. The Bertz CT molecular complexity index is 252. The van der Waals surface area contributed by atoms with Crippen LogP contribution in [0.15, 0.2) is 0 Å². The average molecular weight is 244 g/mol. The smallest absolute Gasteiger partial charge is 0.323 e. The van der Waals surface area contributed by atoms with Crippen molar-refractivity contribution in [2.75, 3.05) is 26.8 Å². The molecule has 1 atom stereocenters. The Labute approximate surface area is 103 Å². The second-order valence-corrected chi connectivity index (χ2v) is 5.09. The number of rotatable bonds is 9. The minimum absolute atomic E-state index is 0.512. The first kappa shape index (κ1) is 14.4. The highest BCUT2D eigenvalue weighted by Gasteiger charge is 2.30. The van der Waals surface area contributed by atoms with Crippen LogP contribution in [0, 0.1) is 0 Å². The molecule has 100 valence electrons. The molecule has 1 unspecified atom stereocenters. The van der Waals surface area contributed by atoms with E-state index in [1.54, 1.807) is 14.0 Å². The van der Waals surface area contributed by atoms with Gasteiger partial charge in [-0.3, -0.25) is 9.69 Å². The zero-order valence-corrected chi connectivity index (χ0v) is 10.8. The van der Waals surface area contributed by atoms with E-state index >= 15 is 0 Å². The van der Waals surface area contributed by atoms with E-state index in [9.17, 15) is 4.79 Å². The summed E-state index contributed by atoms with van der Waals surface area (Å²) in [5.74, 6) is -0.924. The number of methoxy groups -OCH3 is 1. The maximum absolute atomic E-state index is 10.9. The molecule has 0 amide bonds. The minimum Gasteiger partial charge on any atom is -0.480 e. The zero-order chi connectivity index (χ0) is 12.9. The van der Waals surface area contributed by atoms with Crippen molar-refractivity contribution in [1.82, 2.24) is 4.90 Å². The van der Waals surface area contributed by atoms with Crippen LogP contribution in [0.5, 0.6) is 0 Å². The first-order valence-electron chi connectivity index (χ1n) is 6.22. The van der Waals surface area contributed by atoms with Crippen LogP contribution in [0.2, 0.25) is 0 Å². The first-order valence-corrected chi connectivity index (χ1v) is 6.22. The van der Waals surface area contributed by atoms with Gasteiger partial charge in [-0.2, -0.15) is 0 Å². The molecule has 0 radical (unpaired) electrons. The summed E-state index contributed by atoms with van der Waals surface area (Å²) in [4.78, 5) is 13.2. The number of ether oxygens (including phenoxy) is 1. The van der Waals surface area contributed by atoms with Gasteiger partial charge in [0.25, 0.3) is 0 Å². The van der Waals surface area contributed by atoms with Crippen LogP contribution >= 0.6 is 0 Å². The Kier molecular flexibility index (Phi) is 5.36. The largest absolute Gasteiger partial charge is 0.480 e. The normalized spacial score (nSPS) is 19.3. The van der Waals surface area contributed by atoms with Crippen LogP contribution in [0.1, 0.15) is 32.6 Å². The molecular weight excluding hydrogens is 220 g/mol. The summed E-state index contributed by atoms with van der Waals surface area (Å²) in [7, 11) is 1.70. The molecule has 0 saturated heterocycles. The Morgan fingerprint density at radius 3 is 2.65 bits per heavy atom. The highest BCUT2D eigenvalue weighted by atomic mass is 16.5. The van der Waals surface area contributed by atoms with E-state index in [-0.39, 0.29) is 0 Å². The van der Waals surface area contributed by atoms with Crippen LogP contribution in [-0.2, 0) is 9.53 Å². The molecule has 1 aliphatic rings. The molecule has 5 nitrogen and oxygen atoms in total. The lowest BCUT2D eigenvalue weighted by Crippen LogP contribution is -2.45. The van der Waals surface area contributed by atoms with Crippen LogP contribution < -0.4 is 5.73 Å². The fourth-order valence-corrected chi connectivity index (χ4v) is 1.88. The maximum Gasteiger partial charge on any atom is 0.323 e. The lowest BCUT2D eigenvalue weighted by Gasteiger charge is -2.24. The zero-order valence-electron chi connectivity index (χ0n) is 10.8. The Balaban J connectivity index is 2.24. The number of nitrogens with two attached hydrogens (primary N) is 1. The van der Waals surface area contributed by atoms with Gasteiger partial charge in [-0.25, -0.2) is 0 Å². The minimum atomic E-state index is -1.10. The van der Waals surface area contributed by atoms with Gasteiger partial charge in [0.1, 0.15) is 5.54 Å². The van der Waals surface area contributed by atoms with Gasteiger partial charge in [-0.1, -0.05) is 0 Å². The van der Waals surface area contributed by atoms with Crippen molar-refractivity contribution >= 4 is 5.97 Å². The van der Waals surface area contributed by atoms with Crippen molar-refractivity contribution in [2.24, 2.45) is 5.73 Å². The molecule has 0 aromatic rings. The third-order valence-electron chi connectivity index (χ3n) is 3.28. The number of carboxylic acid groups (broad SMARTS) is 1. The van der Waals surface area contributed by atoms with Gasteiger partial charge in [0.2, 0.25) is 0 Å². The van der Waals surface area contributed by atoms with E-state index in [1.165, 1.54) is 12.8 Å². The quantitative estimate of drug-likeness (QED) is 0.624. The summed E-state index contributed by atoms with van der Waals surface area (Å²) >= 11 is 0. The van der Waals surface area contributed by atoms with Crippen LogP contribution in [-0.4, -0.2) is 54.4 Å². The number of nitrogens with zero attached hydrogens (tertiary/aromatic N) is 1. The van der Waals surface area contributed by atoms with E-state index in [0.29, 0.717) is 12.5 Å². The molecule has 0 spiro atoms. The predicted octanol–water partition coefficient (Wildman–Crippen LogP) is 0.679. The van der Waals surface area contributed by atoms with Crippen LogP contribution in [0.25, 0.3) is 0 Å². The van der Waals surface area contributed by atoms with Gasteiger partial charge in [0, 0.05) is 19.7 Å². The Morgan fingerprint density at radius 2 is 2.18 bits per heavy atom. The number of carbonyl (C=O) groups is 1. The second kappa shape index (κ2) is 6.33. The summed E-state index contributed by atoms with van der Waals surface area (Å²) in [6, 6.07) is 0.680. The van der Waals surface area contributed by atoms with Crippen molar-refractivity contribution in [1.29, 1.82) is 0 Å². The van der Waals surface area contributed by atoms with E-state index in [4.69, 9.17) is 15.6 Å². The number of hydrogen-bond acceptors (Lipinski definition) is 4. The van der Waals surface area contributed by atoms with Crippen molar-refractivity contribution in [3.63, 3.8) is 0 Å². The van der Waals surface area contributed by atoms with Crippen LogP contribution in [0.3, 0.4) is 0 Å². The summed E-state index contributed by atoms with van der Waals surface area (Å²) in [6.45, 7) is 4.14. The van der Waals surface area contributed by atoms with E-state index < -0.39 is 11.5 Å². The molecule has 5 heteroatoms. The lowest BCUT2D eigenvalue weighted by atomic mass is 9.97. The standard InChI is InChI=1S/C12H24N2O3/c1-12(13,11(15)16)6-3-7-14(8-9-17-2)10-4-5-10/h10H,3-9,13H2,1-2H3,(H,15,16). The molecule has 0 bridgehead atoms. The second-order valence-electron chi connectivity index (χ2n) is 5.09. The number of carboxylic acids is 1. The van der Waals surface area contributed by atoms with Gasteiger partial charge in [0.05, 0.1) is 6.61 Å². The van der Waals surface area contributed by atoms with Crippen molar-refractivity contribution < 1.29 is 14.6 Å². The fourth-order valence-electron chi connectivity index (χ4n) is 1.88. The van der Waals surface area contributed by atoms with E-state index in [0.717, 1.165) is 26.1 Å². The average Bonchev–Trinajstić information content (AvgIpc) is 3.06. The third-order valence-corrected chi connectivity index (χ3v) is 3.28. The molecule has 1 rings (SSSR count). The van der Waals surface area contributed by atoms with Crippen molar-refractivity contribution in [3.8, 4) is 0 Å². The maximum atomic E-state index is 10.9. The molecule has 17 heavy (non-hydrogen) atoms.